The van der Waals surface area contributed by atoms with Crippen molar-refractivity contribution in [1.82, 2.24) is 0 Å². The van der Waals surface area contributed by atoms with Crippen molar-refractivity contribution >= 4 is 12.1 Å². The Labute approximate surface area is 362 Å². The van der Waals surface area contributed by atoms with Gasteiger partial charge in [-0.2, -0.15) is 0 Å². The van der Waals surface area contributed by atoms with Gasteiger partial charge in [-0.3, -0.25) is 0 Å². The number of esters is 1. The highest BCUT2D eigenvalue weighted by Crippen LogP contribution is 2.42. The number of carbonyl (C=O) groups excluding carboxylic acids is 2. The van der Waals surface area contributed by atoms with Gasteiger partial charge in [-0.05, 0) is 52.5 Å². The summed E-state index contributed by atoms with van der Waals surface area (Å²) in [5.74, 6) is -6.00. The van der Waals surface area contributed by atoms with E-state index in [0.29, 0.717) is 18.4 Å². The number of aliphatic hydroxyl groups is 5. The first-order valence-corrected chi connectivity index (χ1v) is 21.7. The van der Waals surface area contributed by atoms with Crippen molar-refractivity contribution in [3.63, 3.8) is 0 Å². The largest absolute Gasteiger partial charge is 0.490 e. The van der Waals surface area contributed by atoms with Crippen LogP contribution in [0.3, 0.4) is 0 Å². The van der Waals surface area contributed by atoms with Crippen LogP contribution < -0.4 is 5.73 Å². The third-order valence-electron chi connectivity index (χ3n) is 12.8. The number of cyclic esters (lactones) is 1. The molecular formula is C46H75NO14. The lowest BCUT2D eigenvalue weighted by Gasteiger charge is -2.49. The summed E-state index contributed by atoms with van der Waals surface area (Å²) in [7, 11) is 2.81. The smallest absolute Gasteiger partial charge is 0.404 e. The summed E-state index contributed by atoms with van der Waals surface area (Å²) in [5.41, 5.74) is 6.78. The zero-order valence-electron chi connectivity index (χ0n) is 38.2. The van der Waals surface area contributed by atoms with Crippen molar-refractivity contribution < 1.29 is 68.3 Å². The standard InChI is InChI=1S/C46H75NO14/c1-13-16-34-28(7)37(58-38-22-33(48)43(31(10)57-38)60-45(47)53)23-46(54,61-34)30(9)41(51)29(8)42-35(55-11)18-15-17-24(3)19-26(5)39(49)32(14-2)40(50)27(6)20-25(4)21-36(56-12)44(52)59-42/h13,15-18,20-21,26-35,37-43,48-51,54H,14,19,22-23H2,1-12H3,(H2,47,53)/b16-13+,18-15+,24-17+,25-20+,36-21-/t26-,27-,28-,29+,30+,31-,32+,33-,34-,35+,37-,38+,39+,40-,41-,42-,43-,46-/m1/s1/i19+1,20+1,21+1,37+1,39+1,41+1,42+1. The molecule has 15 heteroatoms. The Kier molecular flexibility index (Phi) is 20.1. The predicted octanol–water partition coefficient (Wildman–Crippen LogP) is 4.98. The summed E-state index contributed by atoms with van der Waals surface area (Å²) in [6.45, 7) is 18.2. The number of rotatable bonds is 11. The van der Waals surface area contributed by atoms with E-state index in [2.05, 4.69) is 0 Å². The number of hydrogen-bond donors (Lipinski definition) is 6. The second kappa shape index (κ2) is 23.5. The molecule has 0 radical (unpaired) electrons. The molecule has 18 atom stereocenters. The number of primary amides is 1. The summed E-state index contributed by atoms with van der Waals surface area (Å²) in [4.78, 5) is 25.4. The maximum atomic E-state index is 13.9. The first-order valence-electron chi connectivity index (χ1n) is 21.7. The minimum absolute atomic E-state index is 0.0313. The number of carbonyl (C=O) groups is 2. The van der Waals surface area contributed by atoms with Crippen LogP contribution in [-0.4, -0.2) is 125 Å². The van der Waals surface area contributed by atoms with Crippen molar-refractivity contribution in [3.8, 4) is 0 Å². The van der Waals surface area contributed by atoms with E-state index in [1.807, 2.05) is 53.7 Å². The molecular weight excluding hydrogens is 797 g/mol. The second-order valence-corrected chi connectivity index (χ2v) is 17.5. The van der Waals surface area contributed by atoms with E-state index in [1.165, 1.54) is 20.3 Å². The van der Waals surface area contributed by atoms with Gasteiger partial charge in [0, 0.05) is 49.5 Å². The second-order valence-electron chi connectivity index (χ2n) is 17.5. The van der Waals surface area contributed by atoms with E-state index in [4.69, 9.17) is 38.9 Å². The lowest BCUT2D eigenvalue weighted by atomic mass is 9.93. The van der Waals surface area contributed by atoms with Gasteiger partial charge in [-0.15, -0.1) is 0 Å². The molecule has 61 heavy (non-hydrogen) atoms. The molecule has 0 aromatic heterocycles. The molecule has 2 fully saturated rings. The average molecular weight is 873 g/mol. The molecule has 0 aliphatic carbocycles. The Bertz CT molecular complexity index is 1570. The monoisotopic (exact) mass is 873 g/mol. The van der Waals surface area contributed by atoms with Gasteiger partial charge in [-0.25, -0.2) is 9.59 Å². The fourth-order valence-corrected chi connectivity index (χ4v) is 8.94. The van der Waals surface area contributed by atoms with E-state index < -0.39 is 97.0 Å². The van der Waals surface area contributed by atoms with Gasteiger partial charge in [0.05, 0.1) is 49.8 Å². The number of hydrogen-bond acceptors (Lipinski definition) is 14. The first kappa shape index (κ1) is 52.2. The molecule has 0 unspecified atom stereocenters. The summed E-state index contributed by atoms with van der Waals surface area (Å²) in [6, 6.07) is 0. The highest BCUT2D eigenvalue weighted by molar-refractivity contribution is 5.87. The average Bonchev–Trinajstić information content (AvgIpc) is 3.19. The Morgan fingerprint density at radius 1 is 1.10 bits per heavy atom. The molecule has 0 bridgehead atoms. The van der Waals surface area contributed by atoms with Crippen LogP contribution in [-0.2, 0) is 38.0 Å². The van der Waals surface area contributed by atoms with Crippen molar-refractivity contribution in [2.24, 2.45) is 41.2 Å². The van der Waals surface area contributed by atoms with Crippen LogP contribution in [0, 0.1) is 35.5 Å². The Morgan fingerprint density at radius 3 is 2.34 bits per heavy atom. The fourth-order valence-electron chi connectivity index (χ4n) is 8.94. The number of allylic oxidation sites excluding steroid dienone is 6. The van der Waals surface area contributed by atoms with Crippen LogP contribution in [0.2, 0.25) is 0 Å². The summed E-state index contributed by atoms with van der Waals surface area (Å²) in [5, 5.41) is 58.0. The van der Waals surface area contributed by atoms with Gasteiger partial charge in [0.2, 0.25) is 5.76 Å². The Balaban J connectivity index is 2.00. The van der Waals surface area contributed by atoms with Gasteiger partial charge in [0.25, 0.3) is 0 Å². The molecule has 0 spiro atoms. The lowest BCUT2D eigenvalue weighted by Crippen LogP contribution is -2.59. The van der Waals surface area contributed by atoms with Crippen molar-refractivity contribution in [3.05, 3.63) is 59.4 Å². The molecule has 0 saturated carbocycles. The van der Waals surface area contributed by atoms with E-state index in [9.17, 15) is 35.1 Å². The number of ether oxygens (including phenoxy) is 7. The van der Waals surface area contributed by atoms with Gasteiger partial charge < -0.3 is 64.4 Å². The quantitative estimate of drug-likeness (QED) is 0.0915. The zero-order chi connectivity index (χ0) is 45.9. The van der Waals surface area contributed by atoms with E-state index in [1.54, 1.807) is 52.0 Å². The van der Waals surface area contributed by atoms with E-state index in [-0.39, 0.29) is 42.3 Å². The zero-order valence-corrected chi connectivity index (χ0v) is 38.2. The van der Waals surface area contributed by atoms with E-state index in [0.717, 1.165) is 5.57 Å². The van der Waals surface area contributed by atoms with Gasteiger partial charge in [0.1, 0.15) is 12.2 Å². The summed E-state index contributed by atoms with van der Waals surface area (Å²) in [6.07, 6.45) is 2.20. The van der Waals surface area contributed by atoms with Crippen molar-refractivity contribution in [2.45, 2.75) is 168 Å². The van der Waals surface area contributed by atoms with E-state index >= 15 is 0 Å². The molecule has 0 aromatic rings. The Hall–Kier alpha value is -3.12. The van der Waals surface area contributed by atoms with Crippen LogP contribution in [0.5, 0.6) is 0 Å². The third kappa shape index (κ3) is 13.7. The highest BCUT2D eigenvalue weighted by atomic mass is 16.7. The number of methoxy groups -OCH3 is 2. The van der Waals surface area contributed by atoms with Gasteiger partial charge >= 0.3 is 12.1 Å². The van der Waals surface area contributed by atoms with Crippen LogP contribution in [0.1, 0.15) is 94.9 Å². The first-order chi connectivity index (χ1) is 28.6. The summed E-state index contributed by atoms with van der Waals surface area (Å²) >= 11 is 0. The molecule has 0 aromatic carbocycles. The minimum atomic E-state index is -1.97. The molecule has 3 heterocycles. The van der Waals surface area contributed by atoms with Gasteiger partial charge in [0.15, 0.2) is 18.2 Å². The summed E-state index contributed by atoms with van der Waals surface area (Å²) < 4.78 is 41.4. The third-order valence-corrected chi connectivity index (χ3v) is 12.8. The predicted molar refractivity (Wildman–Crippen MR) is 228 cm³/mol. The Morgan fingerprint density at radius 2 is 1.77 bits per heavy atom. The molecule has 3 rings (SSSR count). The normalized spacial score (nSPS) is 42.2. The molecule has 348 valence electrons. The molecule has 7 N–H and O–H groups in total. The molecule has 3 aliphatic rings. The molecule has 15 nitrogen and oxygen atoms in total. The number of nitrogens with two attached hydrogens (primary N) is 1. The number of amides is 1. The molecule has 3 aliphatic heterocycles. The molecule has 1 amide bonds. The number of aliphatic hydroxyl groups excluding tert-OH is 4. The lowest BCUT2D eigenvalue weighted by molar-refractivity contribution is -0.338. The van der Waals surface area contributed by atoms with Gasteiger partial charge in [-0.1, -0.05) is 89.1 Å². The van der Waals surface area contributed by atoms with Crippen molar-refractivity contribution in [2.75, 3.05) is 14.2 Å². The van der Waals surface area contributed by atoms with Crippen LogP contribution >= 0.6 is 0 Å². The SMILES string of the molecule is C/C=C/[C@H]1O[C@@](O)([C@@H](C)[13C@H](O)[C@H](C)[13C@H]2OC(=O)/C(OC)=[13CH]/C(C)=[13CH]/[C@@H](C)[C@@H](O)[C@@H](CC)[13C@@H](O)[C@H](C)[13CH2]/C(C)=C/C=C/[C@@H]2OC)C[13C@@H](O[C@H]2C[C@@H](O)[C@H](OC(N)=O)[C@@H](C)O2)[C@@H]1C. The highest BCUT2D eigenvalue weighted by Gasteiger charge is 2.52. The fraction of sp³-hybridized carbons (Fsp3) is 0.739. The molecule has 2 saturated heterocycles. The van der Waals surface area contributed by atoms with Crippen LogP contribution in [0.15, 0.2) is 59.4 Å². The minimum Gasteiger partial charge on any atom is -0.490 e. The topological polar surface area (TPSA) is 226 Å². The van der Waals surface area contributed by atoms with Crippen LogP contribution in [0.4, 0.5) is 4.79 Å². The van der Waals surface area contributed by atoms with Crippen LogP contribution in [0.25, 0.3) is 0 Å². The maximum Gasteiger partial charge on any atom is 0.404 e. The maximum absolute atomic E-state index is 13.9. The van der Waals surface area contributed by atoms with Crippen molar-refractivity contribution in [1.29, 1.82) is 0 Å².